The molecular formula is C17H28O. The number of phenolic OH excluding ortho intramolecular Hbond substituents is 1. The summed E-state index contributed by atoms with van der Waals surface area (Å²) in [5.74, 6) is 0.975. The number of unbranched alkanes of at least 4 members (excludes halogenated alkanes) is 6. The standard InChI is InChI=1S/C17H28O/c1-3-4-5-6-7-8-9-10-15(2)16-11-13-17(18)14-12-16/h11-15,18H,3-10H2,1-2H3. The van der Waals surface area contributed by atoms with Crippen LogP contribution in [0.3, 0.4) is 0 Å². The maximum absolute atomic E-state index is 9.26. The van der Waals surface area contributed by atoms with E-state index in [2.05, 4.69) is 13.8 Å². The van der Waals surface area contributed by atoms with Crippen molar-refractivity contribution in [2.45, 2.75) is 71.1 Å². The van der Waals surface area contributed by atoms with Gasteiger partial charge in [-0.25, -0.2) is 0 Å². The molecule has 1 atom stereocenters. The zero-order valence-corrected chi connectivity index (χ0v) is 12.0. The number of aromatic hydroxyl groups is 1. The third-order valence-electron chi connectivity index (χ3n) is 3.70. The van der Waals surface area contributed by atoms with Gasteiger partial charge in [-0.05, 0) is 30.0 Å². The highest BCUT2D eigenvalue weighted by Crippen LogP contribution is 2.23. The van der Waals surface area contributed by atoms with E-state index in [1.165, 1.54) is 56.9 Å². The molecule has 0 bridgehead atoms. The summed E-state index contributed by atoms with van der Waals surface area (Å²) >= 11 is 0. The van der Waals surface area contributed by atoms with Crippen LogP contribution in [-0.2, 0) is 0 Å². The van der Waals surface area contributed by atoms with Crippen LogP contribution in [0.15, 0.2) is 24.3 Å². The van der Waals surface area contributed by atoms with Gasteiger partial charge in [-0.2, -0.15) is 0 Å². The van der Waals surface area contributed by atoms with Crippen molar-refractivity contribution in [1.29, 1.82) is 0 Å². The van der Waals surface area contributed by atoms with Crippen LogP contribution >= 0.6 is 0 Å². The number of rotatable bonds is 9. The lowest BCUT2D eigenvalue weighted by Crippen LogP contribution is -1.93. The van der Waals surface area contributed by atoms with Crippen molar-refractivity contribution in [3.63, 3.8) is 0 Å². The lowest BCUT2D eigenvalue weighted by molar-refractivity contribution is 0.474. The zero-order valence-electron chi connectivity index (χ0n) is 12.0. The van der Waals surface area contributed by atoms with Crippen molar-refractivity contribution in [3.05, 3.63) is 29.8 Å². The summed E-state index contributed by atoms with van der Waals surface area (Å²) in [5, 5.41) is 9.26. The summed E-state index contributed by atoms with van der Waals surface area (Å²) in [6.07, 6.45) is 10.9. The molecule has 1 nitrogen and oxygen atoms in total. The molecule has 0 saturated heterocycles. The number of benzene rings is 1. The second-order valence-electron chi connectivity index (χ2n) is 5.40. The van der Waals surface area contributed by atoms with Gasteiger partial charge in [-0.3, -0.25) is 0 Å². The number of phenols is 1. The Morgan fingerprint density at radius 1 is 0.889 bits per heavy atom. The van der Waals surface area contributed by atoms with Gasteiger partial charge in [0.2, 0.25) is 0 Å². The van der Waals surface area contributed by atoms with Crippen molar-refractivity contribution in [1.82, 2.24) is 0 Å². The summed E-state index contributed by atoms with van der Waals surface area (Å²) < 4.78 is 0. The molecule has 0 aliphatic heterocycles. The summed E-state index contributed by atoms with van der Waals surface area (Å²) in [7, 11) is 0. The molecule has 18 heavy (non-hydrogen) atoms. The molecule has 0 fully saturated rings. The quantitative estimate of drug-likeness (QED) is 0.561. The minimum absolute atomic E-state index is 0.363. The Balaban J connectivity index is 2.10. The van der Waals surface area contributed by atoms with Crippen LogP contribution in [0.25, 0.3) is 0 Å². The molecule has 0 heterocycles. The van der Waals surface area contributed by atoms with Crippen LogP contribution in [0.1, 0.15) is 76.7 Å². The Bertz CT molecular complexity index is 302. The van der Waals surface area contributed by atoms with Crippen LogP contribution in [0.5, 0.6) is 5.75 Å². The van der Waals surface area contributed by atoms with Crippen molar-refractivity contribution in [3.8, 4) is 5.75 Å². The average molecular weight is 248 g/mol. The molecule has 0 aromatic heterocycles. The van der Waals surface area contributed by atoms with Gasteiger partial charge < -0.3 is 5.11 Å². The largest absolute Gasteiger partial charge is 0.508 e. The second kappa shape index (κ2) is 9.02. The molecule has 102 valence electrons. The fraction of sp³-hybridized carbons (Fsp3) is 0.647. The van der Waals surface area contributed by atoms with E-state index < -0.39 is 0 Å². The molecule has 1 aromatic rings. The SMILES string of the molecule is CCCCCCCCCC(C)c1ccc(O)cc1. The Labute approximate surface area is 112 Å². The van der Waals surface area contributed by atoms with Gasteiger partial charge in [0.15, 0.2) is 0 Å². The highest BCUT2D eigenvalue weighted by atomic mass is 16.3. The summed E-state index contributed by atoms with van der Waals surface area (Å²) in [5.41, 5.74) is 1.35. The fourth-order valence-corrected chi connectivity index (χ4v) is 2.38. The van der Waals surface area contributed by atoms with Crippen LogP contribution in [0.4, 0.5) is 0 Å². The van der Waals surface area contributed by atoms with Gasteiger partial charge in [0, 0.05) is 0 Å². The summed E-state index contributed by atoms with van der Waals surface area (Å²) in [6.45, 7) is 4.54. The summed E-state index contributed by atoms with van der Waals surface area (Å²) in [4.78, 5) is 0. The Morgan fingerprint density at radius 2 is 1.44 bits per heavy atom. The van der Waals surface area contributed by atoms with E-state index in [4.69, 9.17) is 0 Å². The van der Waals surface area contributed by atoms with Crippen molar-refractivity contribution >= 4 is 0 Å². The Hall–Kier alpha value is -0.980. The molecule has 1 rings (SSSR count). The molecule has 0 spiro atoms. The van der Waals surface area contributed by atoms with Crippen LogP contribution < -0.4 is 0 Å². The Kier molecular flexibility index (Phi) is 7.55. The molecule has 0 saturated carbocycles. The monoisotopic (exact) mass is 248 g/mol. The lowest BCUT2D eigenvalue weighted by Gasteiger charge is -2.11. The third-order valence-corrected chi connectivity index (χ3v) is 3.70. The van der Waals surface area contributed by atoms with Crippen molar-refractivity contribution in [2.24, 2.45) is 0 Å². The van der Waals surface area contributed by atoms with E-state index in [0.29, 0.717) is 11.7 Å². The first kappa shape index (κ1) is 15.1. The number of hydrogen-bond acceptors (Lipinski definition) is 1. The van der Waals surface area contributed by atoms with Gasteiger partial charge in [-0.15, -0.1) is 0 Å². The average Bonchev–Trinajstić information content (AvgIpc) is 2.38. The van der Waals surface area contributed by atoms with Gasteiger partial charge in [0.1, 0.15) is 5.75 Å². The molecule has 1 unspecified atom stereocenters. The Morgan fingerprint density at radius 3 is 2.06 bits per heavy atom. The highest BCUT2D eigenvalue weighted by molar-refractivity contribution is 5.27. The van der Waals surface area contributed by atoms with Crippen LogP contribution in [-0.4, -0.2) is 5.11 Å². The maximum Gasteiger partial charge on any atom is 0.115 e. The van der Waals surface area contributed by atoms with E-state index in [0.717, 1.165) is 0 Å². The van der Waals surface area contributed by atoms with E-state index in [9.17, 15) is 5.11 Å². The minimum Gasteiger partial charge on any atom is -0.508 e. The molecule has 0 radical (unpaired) electrons. The normalized spacial score (nSPS) is 12.6. The molecular weight excluding hydrogens is 220 g/mol. The summed E-state index contributed by atoms with van der Waals surface area (Å²) in [6, 6.07) is 7.66. The molecule has 1 N–H and O–H groups in total. The zero-order chi connectivity index (χ0) is 13.2. The van der Waals surface area contributed by atoms with E-state index >= 15 is 0 Å². The van der Waals surface area contributed by atoms with Gasteiger partial charge >= 0.3 is 0 Å². The van der Waals surface area contributed by atoms with E-state index in [1.807, 2.05) is 12.1 Å². The molecule has 0 amide bonds. The van der Waals surface area contributed by atoms with E-state index in [1.54, 1.807) is 12.1 Å². The third kappa shape index (κ3) is 6.09. The fourth-order valence-electron chi connectivity index (χ4n) is 2.38. The molecule has 1 heteroatoms. The first-order chi connectivity index (χ1) is 8.74. The topological polar surface area (TPSA) is 20.2 Å². The maximum atomic E-state index is 9.26. The van der Waals surface area contributed by atoms with Gasteiger partial charge in [0.05, 0.1) is 0 Å². The predicted molar refractivity (Wildman–Crippen MR) is 79.1 cm³/mol. The molecule has 0 aliphatic carbocycles. The van der Waals surface area contributed by atoms with Gasteiger partial charge in [-0.1, -0.05) is 70.9 Å². The lowest BCUT2D eigenvalue weighted by atomic mass is 9.94. The number of hydrogen-bond donors (Lipinski definition) is 1. The highest BCUT2D eigenvalue weighted by Gasteiger charge is 2.04. The molecule has 0 aliphatic rings. The van der Waals surface area contributed by atoms with Crippen molar-refractivity contribution in [2.75, 3.05) is 0 Å². The van der Waals surface area contributed by atoms with Crippen molar-refractivity contribution < 1.29 is 5.11 Å². The first-order valence-corrected chi connectivity index (χ1v) is 7.53. The van der Waals surface area contributed by atoms with Crippen LogP contribution in [0.2, 0.25) is 0 Å². The first-order valence-electron chi connectivity index (χ1n) is 7.53. The smallest absolute Gasteiger partial charge is 0.115 e. The van der Waals surface area contributed by atoms with Gasteiger partial charge in [0.25, 0.3) is 0 Å². The minimum atomic E-state index is 0.363. The predicted octanol–water partition coefficient (Wildman–Crippen LogP) is 5.64. The van der Waals surface area contributed by atoms with E-state index in [-0.39, 0.29) is 0 Å². The second-order valence-corrected chi connectivity index (χ2v) is 5.40. The molecule has 1 aromatic carbocycles. The van der Waals surface area contributed by atoms with Crippen LogP contribution in [0, 0.1) is 0 Å².